The van der Waals surface area contributed by atoms with Crippen LogP contribution in [0, 0.1) is 34.5 Å². The van der Waals surface area contributed by atoms with E-state index < -0.39 is 0 Å². The predicted octanol–water partition coefficient (Wildman–Crippen LogP) is 4.31. The minimum Gasteiger partial charge on any atom is -0.198 e. The van der Waals surface area contributed by atoms with Crippen LogP contribution in [-0.2, 0) is 0 Å². The van der Waals surface area contributed by atoms with Gasteiger partial charge in [-0.05, 0) is 55.3 Å². The Bertz CT molecular complexity index is 325. The standard InChI is InChI=1S/C15H23N/c1-11-5-4-9-15(3)13(11)6-7-14(15)12(2)8-10-16/h12-14H,1,4-9H2,2-3H3/t12-,13?,14-,15+/m1/s1. The number of nitrogens with zero attached hydrogens (tertiary/aromatic N) is 1. The summed E-state index contributed by atoms with van der Waals surface area (Å²) in [5.74, 6) is 2.05. The van der Waals surface area contributed by atoms with Crippen LogP contribution in [0.4, 0.5) is 0 Å². The van der Waals surface area contributed by atoms with Crippen molar-refractivity contribution in [3.8, 4) is 6.07 Å². The molecule has 1 unspecified atom stereocenters. The largest absolute Gasteiger partial charge is 0.198 e. The van der Waals surface area contributed by atoms with Crippen LogP contribution in [-0.4, -0.2) is 0 Å². The molecule has 0 saturated heterocycles. The Morgan fingerprint density at radius 2 is 2.31 bits per heavy atom. The number of allylic oxidation sites excluding steroid dienone is 1. The number of fused-ring (bicyclic) bond motifs is 1. The summed E-state index contributed by atoms with van der Waals surface area (Å²) in [5.41, 5.74) is 1.94. The van der Waals surface area contributed by atoms with E-state index in [4.69, 9.17) is 5.26 Å². The molecule has 0 aromatic carbocycles. The topological polar surface area (TPSA) is 23.8 Å². The van der Waals surface area contributed by atoms with E-state index in [9.17, 15) is 0 Å². The first-order chi connectivity index (χ1) is 7.59. The van der Waals surface area contributed by atoms with E-state index in [0.29, 0.717) is 11.3 Å². The van der Waals surface area contributed by atoms with Crippen molar-refractivity contribution in [2.45, 2.75) is 52.4 Å². The minimum atomic E-state index is 0.450. The van der Waals surface area contributed by atoms with Crippen molar-refractivity contribution in [1.29, 1.82) is 5.26 Å². The highest BCUT2D eigenvalue weighted by molar-refractivity contribution is 5.15. The Morgan fingerprint density at radius 3 is 3.00 bits per heavy atom. The molecular weight excluding hydrogens is 194 g/mol. The lowest BCUT2D eigenvalue weighted by atomic mass is 9.61. The molecular formula is C15H23N. The number of rotatable bonds is 2. The monoisotopic (exact) mass is 217 g/mol. The molecule has 88 valence electrons. The lowest BCUT2D eigenvalue weighted by molar-refractivity contribution is 0.0994. The van der Waals surface area contributed by atoms with Crippen LogP contribution in [0.5, 0.6) is 0 Å². The van der Waals surface area contributed by atoms with Crippen molar-refractivity contribution >= 4 is 0 Å². The summed E-state index contributed by atoms with van der Waals surface area (Å²) in [6, 6.07) is 2.35. The van der Waals surface area contributed by atoms with Gasteiger partial charge >= 0.3 is 0 Å². The van der Waals surface area contributed by atoms with E-state index in [0.717, 1.165) is 18.3 Å². The highest BCUT2D eigenvalue weighted by Gasteiger charge is 2.50. The predicted molar refractivity (Wildman–Crippen MR) is 66.7 cm³/mol. The summed E-state index contributed by atoms with van der Waals surface area (Å²) >= 11 is 0. The molecule has 0 heterocycles. The molecule has 2 aliphatic carbocycles. The fraction of sp³-hybridized carbons (Fsp3) is 0.800. The molecule has 4 atom stereocenters. The van der Waals surface area contributed by atoms with Crippen molar-refractivity contribution < 1.29 is 0 Å². The summed E-state index contributed by atoms with van der Waals surface area (Å²) < 4.78 is 0. The smallest absolute Gasteiger partial charge is 0.0624 e. The Morgan fingerprint density at radius 1 is 1.56 bits per heavy atom. The van der Waals surface area contributed by atoms with Crippen LogP contribution in [0.3, 0.4) is 0 Å². The van der Waals surface area contributed by atoms with Crippen LogP contribution in [0.15, 0.2) is 12.2 Å². The van der Waals surface area contributed by atoms with Gasteiger partial charge in [-0.3, -0.25) is 0 Å². The molecule has 0 aliphatic heterocycles. The van der Waals surface area contributed by atoms with Crippen LogP contribution in [0.25, 0.3) is 0 Å². The first kappa shape index (κ1) is 11.7. The van der Waals surface area contributed by atoms with E-state index in [1.165, 1.54) is 37.7 Å². The summed E-state index contributed by atoms with van der Waals surface area (Å²) in [4.78, 5) is 0. The Hall–Kier alpha value is -0.770. The van der Waals surface area contributed by atoms with Crippen LogP contribution in [0.1, 0.15) is 52.4 Å². The van der Waals surface area contributed by atoms with Gasteiger partial charge in [0.15, 0.2) is 0 Å². The molecule has 0 radical (unpaired) electrons. The van der Waals surface area contributed by atoms with Gasteiger partial charge in [0.05, 0.1) is 6.07 Å². The van der Waals surface area contributed by atoms with Gasteiger partial charge in [0.25, 0.3) is 0 Å². The third-order valence-corrected chi connectivity index (χ3v) is 5.22. The minimum absolute atomic E-state index is 0.450. The highest BCUT2D eigenvalue weighted by Crippen LogP contribution is 2.59. The number of hydrogen-bond donors (Lipinski definition) is 0. The average Bonchev–Trinajstić information content (AvgIpc) is 2.57. The van der Waals surface area contributed by atoms with Crippen molar-refractivity contribution in [3.05, 3.63) is 12.2 Å². The second-order valence-electron chi connectivity index (χ2n) is 6.09. The molecule has 1 heteroatoms. The van der Waals surface area contributed by atoms with Crippen molar-refractivity contribution in [1.82, 2.24) is 0 Å². The van der Waals surface area contributed by atoms with Gasteiger partial charge in [0.1, 0.15) is 0 Å². The second kappa shape index (κ2) is 4.24. The fourth-order valence-electron chi connectivity index (χ4n) is 4.39. The van der Waals surface area contributed by atoms with Crippen molar-refractivity contribution in [2.75, 3.05) is 0 Å². The lowest BCUT2D eigenvalue weighted by Gasteiger charge is -2.43. The molecule has 0 amide bonds. The van der Waals surface area contributed by atoms with Gasteiger partial charge in [0.2, 0.25) is 0 Å². The van der Waals surface area contributed by atoms with Gasteiger partial charge in [-0.25, -0.2) is 0 Å². The first-order valence-corrected chi connectivity index (χ1v) is 6.64. The quantitative estimate of drug-likeness (QED) is 0.632. The summed E-state index contributed by atoms with van der Waals surface area (Å²) in [5, 5.41) is 8.86. The van der Waals surface area contributed by atoms with Crippen molar-refractivity contribution in [3.63, 3.8) is 0 Å². The van der Waals surface area contributed by atoms with Crippen LogP contribution in [0.2, 0.25) is 0 Å². The summed E-state index contributed by atoms with van der Waals surface area (Å²) in [6.45, 7) is 8.99. The zero-order chi connectivity index (χ0) is 11.8. The molecule has 0 aromatic heterocycles. The Labute approximate surface area is 99.5 Å². The molecule has 1 nitrogen and oxygen atoms in total. The fourth-order valence-corrected chi connectivity index (χ4v) is 4.39. The van der Waals surface area contributed by atoms with E-state index in [-0.39, 0.29) is 0 Å². The molecule has 2 rings (SSSR count). The van der Waals surface area contributed by atoms with E-state index in [2.05, 4.69) is 26.5 Å². The van der Waals surface area contributed by atoms with Gasteiger partial charge in [-0.1, -0.05) is 26.0 Å². The van der Waals surface area contributed by atoms with Gasteiger partial charge < -0.3 is 0 Å². The molecule has 0 spiro atoms. The van der Waals surface area contributed by atoms with Gasteiger partial charge in [-0.2, -0.15) is 5.26 Å². The van der Waals surface area contributed by atoms with Crippen LogP contribution >= 0.6 is 0 Å². The molecule has 2 fully saturated rings. The average molecular weight is 217 g/mol. The normalized spacial score (nSPS) is 40.2. The van der Waals surface area contributed by atoms with Gasteiger partial charge in [0, 0.05) is 6.42 Å². The zero-order valence-corrected chi connectivity index (χ0v) is 10.6. The Balaban J connectivity index is 2.18. The third-order valence-electron chi connectivity index (χ3n) is 5.22. The summed E-state index contributed by atoms with van der Waals surface area (Å²) in [7, 11) is 0. The maximum atomic E-state index is 8.86. The number of nitriles is 1. The van der Waals surface area contributed by atoms with Crippen molar-refractivity contribution in [2.24, 2.45) is 23.2 Å². The Kier molecular flexibility index (Phi) is 3.10. The van der Waals surface area contributed by atoms with E-state index >= 15 is 0 Å². The molecule has 0 N–H and O–H groups in total. The lowest BCUT2D eigenvalue weighted by Crippen LogP contribution is -2.35. The molecule has 2 saturated carbocycles. The maximum Gasteiger partial charge on any atom is 0.0624 e. The van der Waals surface area contributed by atoms with E-state index in [1.54, 1.807) is 0 Å². The van der Waals surface area contributed by atoms with E-state index in [1.807, 2.05) is 0 Å². The maximum absolute atomic E-state index is 8.86. The van der Waals surface area contributed by atoms with Gasteiger partial charge in [-0.15, -0.1) is 0 Å². The molecule has 0 bridgehead atoms. The summed E-state index contributed by atoms with van der Waals surface area (Å²) in [6.07, 6.45) is 7.23. The molecule has 0 aromatic rings. The third kappa shape index (κ3) is 1.69. The SMILES string of the molecule is C=C1CCC[C@@]2(C)C1CC[C@@H]2[C@H](C)CC#N. The van der Waals surface area contributed by atoms with Crippen LogP contribution < -0.4 is 0 Å². The molecule has 2 aliphatic rings. The number of hydrogen-bond acceptors (Lipinski definition) is 1. The highest BCUT2D eigenvalue weighted by atomic mass is 14.5. The first-order valence-electron chi connectivity index (χ1n) is 6.64. The molecule has 16 heavy (non-hydrogen) atoms. The second-order valence-corrected chi connectivity index (χ2v) is 6.09. The zero-order valence-electron chi connectivity index (χ0n) is 10.6.